The maximum Gasteiger partial charge on any atom is 0.253 e. The molecule has 348 valence electrons. The number of nitrogens with two attached hydrogens (primary N) is 1. The molecule has 17 heteroatoms. The number of carbonyl (C=O) groups excluding carboxylic acids is 2. The van der Waals surface area contributed by atoms with Crippen molar-refractivity contribution in [3.05, 3.63) is 142 Å². The Hall–Kier alpha value is -6.08. The number of ether oxygens (including phenoxy) is 2. The van der Waals surface area contributed by atoms with E-state index >= 15 is 0 Å². The summed E-state index contributed by atoms with van der Waals surface area (Å²) in [4.78, 5) is 38.8. The fourth-order valence-electron chi connectivity index (χ4n) is 6.98. The van der Waals surface area contributed by atoms with E-state index in [-0.39, 0.29) is 46.1 Å². The van der Waals surface area contributed by atoms with Crippen LogP contribution in [0.4, 0.5) is 27.5 Å². The van der Waals surface area contributed by atoms with E-state index in [0.29, 0.717) is 40.4 Å². The molecule has 0 aliphatic heterocycles. The number of phenols is 2. The predicted octanol–water partition coefficient (Wildman–Crippen LogP) is 11.1. The van der Waals surface area contributed by atoms with Crippen LogP contribution in [0.2, 0.25) is 0 Å². The number of aromatic nitrogens is 2. The summed E-state index contributed by atoms with van der Waals surface area (Å²) in [5, 5.41) is 26.9. The van der Waals surface area contributed by atoms with Gasteiger partial charge in [0.15, 0.2) is 5.78 Å². The van der Waals surface area contributed by atoms with Crippen molar-refractivity contribution in [2.45, 2.75) is 50.7 Å². The zero-order chi connectivity index (χ0) is 47.7. The monoisotopic (exact) mass is 1010 g/mol. The smallest absolute Gasteiger partial charge is 0.253 e. The largest absolute Gasteiger partial charge is 0.508 e. The number of halogens is 2. The topological polar surface area (TPSA) is 184 Å². The first-order chi connectivity index (χ1) is 32.2. The van der Waals surface area contributed by atoms with Gasteiger partial charge in [-0.25, -0.2) is 9.37 Å². The molecule has 7 rings (SSSR count). The average Bonchev–Trinajstić information content (AvgIpc) is 3.69. The minimum absolute atomic E-state index is 0.0349. The van der Waals surface area contributed by atoms with Gasteiger partial charge >= 0.3 is 0 Å². The molecule has 0 spiro atoms. The Balaban J connectivity index is 0.832. The number of likely N-dealkylation sites (N-methyl/N-ethyl adjacent to an activating group) is 1. The molecule has 0 radical (unpaired) electrons. The first-order valence-corrected chi connectivity index (χ1v) is 23.9. The van der Waals surface area contributed by atoms with Crippen molar-refractivity contribution >= 4 is 84.1 Å². The number of primary amides is 1. The molecule has 0 saturated carbocycles. The summed E-state index contributed by atoms with van der Waals surface area (Å²) in [6.45, 7) is 11.8. The minimum atomic E-state index is -0.896. The predicted molar refractivity (Wildman–Crippen MR) is 269 cm³/mol. The molecule has 0 bridgehead atoms. The fourth-order valence-corrected chi connectivity index (χ4v) is 9.23. The summed E-state index contributed by atoms with van der Waals surface area (Å²) in [6, 6.07) is 30.9. The second kappa shape index (κ2) is 22.1. The molecule has 0 saturated heterocycles. The van der Waals surface area contributed by atoms with Gasteiger partial charge in [0.05, 0.1) is 28.4 Å². The number of nitrogens with one attached hydrogen (secondary N) is 3. The van der Waals surface area contributed by atoms with Crippen LogP contribution in [-0.2, 0) is 4.74 Å². The number of nitrogens with zero attached hydrogens (tertiary/aromatic N) is 3. The van der Waals surface area contributed by atoms with Gasteiger partial charge in [0.1, 0.15) is 35.5 Å². The molecular formula is C50H51BrFN7O6S2. The molecule has 2 heterocycles. The van der Waals surface area contributed by atoms with Crippen molar-refractivity contribution in [2.75, 3.05) is 43.5 Å². The van der Waals surface area contributed by atoms with Gasteiger partial charge in [0, 0.05) is 61.5 Å². The SMILES string of the molecule is CCN(CCOc1ccc(C(=O)c2c(-c3ccc(O)cc3)sc3cc(O)ccc23)cc1)CCC(C)OCC(C)(C)NSc1ccc(Nc2ncc(Br)c(Nc3cccc(F)c3C(N)=O)n2)cc1. The van der Waals surface area contributed by atoms with E-state index in [0.717, 1.165) is 57.2 Å². The van der Waals surface area contributed by atoms with Crippen LogP contribution in [0.5, 0.6) is 17.2 Å². The summed E-state index contributed by atoms with van der Waals surface area (Å²) >= 11 is 6.34. The lowest BCUT2D eigenvalue weighted by molar-refractivity contribution is 0.0244. The molecule has 0 fully saturated rings. The zero-order valence-corrected chi connectivity index (χ0v) is 40.5. The van der Waals surface area contributed by atoms with E-state index < -0.39 is 11.7 Å². The lowest BCUT2D eigenvalue weighted by atomic mass is 9.97. The van der Waals surface area contributed by atoms with E-state index in [9.17, 15) is 24.2 Å². The van der Waals surface area contributed by atoms with Gasteiger partial charge in [-0.05, 0) is 170 Å². The van der Waals surface area contributed by atoms with Gasteiger partial charge in [0.2, 0.25) is 5.95 Å². The molecule has 2 aromatic heterocycles. The first-order valence-electron chi connectivity index (χ1n) is 21.5. The van der Waals surface area contributed by atoms with Crippen molar-refractivity contribution < 1.29 is 33.7 Å². The number of ketones is 1. The highest BCUT2D eigenvalue weighted by molar-refractivity contribution is 9.10. The van der Waals surface area contributed by atoms with Gasteiger partial charge < -0.3 is 41.0 Å². The van der Waals surface area contributed by atoms with Crippen LogP contribution in [0.25, 0.3) is 20.5 Å². The molecule has 7 aromatic rings. The number of rotatable bonds is 22. The van der Waals surface area contributed by atoms with Crippen LogP contribution in [0, 0.1) is 5.82 Å². The Morgan fingerprint density at radius 3 is 2.39 bits per heavy atom. The quantitative estimate of drug-likeness (QED) is 0.0279. The van der Waals surface area contributed by atoms with Crippen LogP contribution in [-0.4, -0.2) is 81.3 Å². The molecule has 1 atom stereocenters. The lowest BCUT2D eigenvalue weighted by Crippen LogP contribution is -2.40. The highest BCUT2D eigenvalue weighted by Crippen LogP contribution is 2.41. The van der Waals surface area contributed by atoms with Gasteiger partial charge in [-0.2, -0.15) is 4.98 Å². The first kappa shape index (κ1) is 48.8. The summed E-state index contributed by atoms with van der Waals surface area (Å²) in [7, 11) is 0. The number of thiophene rings is 1. The molecule has 13 nitrogen and oxygen atoms in total. The molecule has 1 amide bonds. The Morgan fingerprint density at radius 1 is 0.940 bits per heavy atom. The number of carbonyl (C=O) groups is 2. The molecule has 67 heavy (non-hydrogen) atoms. The fraction of sp³-hybridized carbons (Fsp3) is 0.240. The van der Waals surface area contributed by atoms with E-state index in [1.807, 2.05) is 36.4 Å². The number of hydrogen-bond donors (Lipinski definition) is 6. The van der Waals surface area contributed by atoms with Gasteiger partial charge in [-0.3, -0.25) is 14.3 Å². The maximum absolute atomic E-state index is 14.3. The van der Waals surface area contributed by atoms with Crippen molar-refractivity contribution in [3.63, 3.8) is 0 Å². The van der Waals surface area contributed by atoms with E-state index in [2.05, 4.69) is 73.8 Å². The molecule has 5 aromatic carbocycles. The van der Waals surface area contributed by atoms with Crippen molar-refractivity contribution in [1.82, 2.24) is 19.6 Å². The summed E-state index contributed by atoms with van der Waals surface area (Å²) in [5.41, 5.74) is 7.65. The summed E-state index contributed by atoms with van der Waals surface area (Å²) in [6.07, 6.45) is 2.43. The molecule has 1 unspecified atom stereocenters. The Labute approximate surface area is 405 Å². The third kappa shape index (κ3) is 12.9. The number of hydrogen-bond acceptors (Lipinski definition) is 14. The van der Waals surface area contributed by atoms with Gasteiger partial charge in [-0.15, -0.1) is 11.3 Å². The number of aromatic hydroxyl groups is 2. The van der Waals surface area contributed by atoms with E-state index in [4.69, 9.17) is 15.2 Å². The Bertz CT molecular complexity index is 2830. The summed E-state index contributed by atoms with van der Waals surface area (Å²) in [5.74, 6) is -0.202. The van der Waals surface area contributed by atoms with E-state index in [1.165, 1.54) is 35.4 Å². The zero-order valence-electron chi connectivity index (χ0n) is 37.3. The second-order valence-electron chi connectivity index (χ2n) is 16.4. The minimum Gasteiger partial charge on any atom is -0.508 e. The molecule has 0 aliphatic rings. The number of fused-ring (bicyclic) bond motifs is 1. The van der Waals surface area contributed by atoms with E-state index in [1.54, 1.807) is 66.9 Å². The van der Waals surface area contributed by atoms with Crippen LogP contribution >= 0.6 is 39.2 Å². The van der Waals surface area contributed by atoms with Crippen LogP contribution in [0.1, 0.15) is 60.4 Å². The third-order valence-corrected chi connectivity index (χ3v) is 13.6. The standard InChI is InChI=1S/C50H51BrFN7O6S2/c1-5-59(25-26-64-36-18-11-31(12-19-36)45(62)43-38-22-17-35(61)27-42(38)66-46(43)32-9-15-34(60)16-10-32)24-23-30(2)65-29-50(3,4)58-67-37-20-13-33(14-21-37)55-49-54-28-39(51)48(57-49)56-41-8-6-7-40(52)44(41)47(53)63/h6-22,27-28,30,58,60-61H,5,23-26,29H2,1-4H3,(H2,53,63)(H2,54,55,56,57). The molecule has 7 N–H and O–H groups in total. The highest BCUT2D eigenvalue weighted by atomic mass is 79.9. The lowest BCUT2D eigenvalue weighted by Gasteiger charge is -2.28. The second-order valence-corrected chi connectivity index (χ2v) is 19.1. The van der Waals surface area contributed by atoms with Crippen LogP contribution in [0.3, 0.4) is 0 Å². The summed E-state index contributed by atoms with van der Waals surface area (Å²) < 4.78 is 31.5. The van der Waals surface area contributed by atoms with Crippen LogP contribution < -0.4 is 25.8 Å². The maximum atomic E-state index is 14.3. The normalized spacial score (nSPS) is 12.0. The average molecular weight is 1010 g/mol. The highest BCUT2D eigenvalue weighted by Gasteiger charge is 2.23. The Kier molecular flexibility index (Phi) is 16.1. The van der Waals surface area contributed by atoms with Crippen molar-refractivity contribution in [1.29, 1.82) is 0 Å². The van der Waals surface area contributed by atoms with Gasteiger partial charge in [0.25, 0.3) is 5.91 Å². The molecule has 0 aliphatic carbocycles. The number of phenolic OH excluding ortho intramolecular Hbond substituents is 2. The number of anilines is 4. The number of amides is 1. The Morgan fingerprint density at radius 2 is 1.67 bits per heavy atom. The number of benzene rings is 5. The van der Waals surface area contributed by atoms with Crippen molar-refractivity contribution in [3.8, 4) is 27.7 Å². The van der Waals surface area contributed by atoms with Crippen molar-refractivity contribution in [2.24, 2.45) is 5.73 Å². The third-order valence-electron chi connectivity index (χ3n) is 10.7. The van der Waals surface area contributed by atoms with Crippen LogP contribution in [0.15, 0.2) is 125 Å². The molecular weight excluding hydrogens is 958 g/mol. The van der Waals surface area contributed by atoms with Gasteiger partial charge in [-0.1, -0.05) is 13.0 Å².